The summed E-state index contributed by atoms with van der Waals surface area (Å²) in [5, 5.41) is 0. The van der Waals surface area contributed by atoms with Crippen molar-refractivity contribution in [2.45, 2.75) is 51.5 Å². The first kappa shape index (κ1) is 13.0. The Bertz CT molecular complexity index is 255. The minimum Gasteiger partial charge on any atom is -0.380 e. The summed E-state index contributed by atoms with van der Waals surface area (Å²) in [5.41, 5.74) is 0. The lowest BCUT2D eigenvalue weighted by Gasteiger charge is -2.38. The van der Waals surface area contributed by atoms with Crippen molar-refractivity contribution in [2.75, 3.05) is 26.3 Å². The van der Waals surface area contributed by atoms with E-state index in [0.717, 1.165) is 45.6 Å². The van der Waals surface area contributed by atoms with Crippen molar-refractivity contribution in [2.24, 2.45) is 5.92 Å². The first-order valence-electron chi connectivity index (χ1n) is 7.17. The lowest BCUT2D eigenvalue weighted by Crippen LogP contribution is -2.46. The Morgan fingerprint density at radius 3 is 2.88 bits per heavy atom. The van der Waals surface area contributed by atoms with Crippen LogP contribution in [0.4, 0.5) is 0 Å². The van der Waals surface area contributed by atoms with Gasteiger partial charge in [0.1, 0.15) is 5.78 Å². The molecule has 0 N–H and O–H groups in total. The van der Waals surface area contributed by atoms with E-state index in [4.69, 9.17) is 4.74 Å². The summed E-state index contributed by atoms with van der Waals surface area (Å²) in [6.07, 6.45) is 6.83. The zero-order valence-corrected chi connectivity index (χ0v) is 11.0. The van der Waals surface area contributed by atoms with Gasteiger partial charge in [-0.05, 0) is 39.2 Å². The first-order chi connectivity index (χ1) is 8.33. The number of ketones is 1. The smallest absolute Gasteiger partial charge is 0.137 e. The Balaban J connectivity index is 1.89. The Labute approximate surface area is 105 Å². The molecule has 2 unspecified atom stereocenters. The average Bonchev–Trinajstić information content (AvgIpc) is 2.76. The van der Waals surface area contributed by atoms with Crippen LogP contribution in [-0.4, -0.2) is 43.0 Å². The van der Waals surface area contributed by atoms with Crippen molar-refractivity contribution in [3.63, 3.8) is 0 Å². The molecule has 98 valence electrons. The fourth-order valence-corrected chi connectivity index (χ4v) is 3.33. The second-order valence-corrected chi connectivity index (χ2v) is 5.26. The molecule has 1 saturated heterocycles. The Kier molecular flexibility index (Phi) is 4.99. The minimum absolute atomic E-state index is 0.330. The number of hydrogen-bond acceptors (Lipinski definition) is 3. The number of Topliss-reactive ketones (excluding diaryl/α,β-unsaturated/α-hetero) is 1. The van der Waals surface area contributed by atoms with Gasteiger partial charge in [0, 0.05) is 31.5 Å². The number of hydrogen-bond donors (Lipinski definition) is 0. The van der Waals surface area contributed by atoms with Gasteiger partial charge >= 0.3 is 0 Å². The third kappa shape index (κ3) is 3.29. The monoisotopic (exact) mass is 239 g/mol. The van der Waals surface area contributed by atoms with Gasteiger partial charge in [-0.15, -0.1) is 0 Å². The molecule has 2 aliphatic rings. The summed E-state index contributed by atoms with van der Waals surface area (Å²) in [6.45, 7) is 5.80. The van der Waals surface area contributed by atoms with Gasteiger partial charge in [-0.25, -0.2) is 0 Å². The molecule has 1 heterocycles. The maximum Gasteiger partial charge on any atom is 0.137 e. The van der Waals surface area contributed by atoms with Crippen molar-refractivity contribution < 1.29 is 9.53 Å². The van der Waals surface area contributed by atoms with Crippen LogP contribution in [0.3, 0.4) is 0 Å². The molecule has 3 nitrogen and oxygen atoms in total. The lowest BCUT2D eigenvalue weighted by molar-refractivity contribution is -0.123. The van der Waals surface area contributed by atoms with Crippen molar-refractivity contribution in [3.8, 4) is 0 Å². The van der Waals surface area contributed by atoms with Gasteiger partial charge < -0.3 is 4.74 Å². The summed E-state index contributed by atoms with van der Waals surface area (Å²) in [6, 6.07) is 0.513. The average molecular weight is 239 g/mol. The van der Waals surface area contributed by atoms with Gasteiger partial charge in [-0.3, -0.25) is 9.69 Å². The normalized spacial score (nSPS) is 31.0. The fraction of sp³-hybridized carbons (Fsp3) is 0.929. The number of carbonyl (C=O) groups excluding carboxylic acids is 1. The van der Waals surface area contributed by atoms with E-state index in [1.165, 1.54) is 19.3 Å². The zero-order valence-electron chi connectivity index (χ0n) is 11.0. The number of likely N-dealkylation sites (tertiary alicyclic amines) is 1. The van der Waals surface area contributed by atoms with Crippen molar-refractivity contribution in [1.29, 1.82) is 0 Å². The van der Waals surface area contributed by atoms with Gasteiger partial charge in [0.15, 0.2) is 0 Å². The number of ether oxygens (including phenoxy) is 1. The van der Waals surface area contributed by atoms with E-state index in [1.54, 1.807) is 0 Å². The molecule has 2 atom stereocenters. The first-order valence-corrected chi connectivity index (χ1v) is 7.17. The van der Waals surface area contributed by atoms with Gasteiger partial charge in [-0.1, -0.05) is 6.42 Å². The molecule has 1 saturated carbocycles. The molecule has 0 amide bonds. The summed E-state index contributed by atoms with van der Waals surface area (Å²) in [7, 11) is 0. The minimum atomic E-state index is 0.330. The number of carbonyl (C=O) groups is 1. The van der Waals surface area contributed by atoms with Gasteiger partial charge in [0.25, 0.3) is 0 Å². The van der Waals surface area contributed by atoms with Crippen LogP contribution in [0.5, 0.6) is 0 Å². The number of nitrogens with zero attached hydrogens (tertiary/aromatic N) is 1. The maximum atomic E-state index is 11.9. The summed E-state index contributed by atoms with van der Waals surface area (Å²) in [4.78, 5) is 14.4. The molecule has 1 aliphatic heterocycles. The molecule has 0 aromatic rings. The van der Waals surface area contributed by atoms with Crippen LogP contribution < -0.4 is 0 Å². The molecule has 2 fully saturated rings. The quantitative estimate of drug-likeness (QED) is 0.689. The van der Waals surface area contributed by atoms with Gasteiger partial charge in [-0.2, -0.15) is 0 Å². The molecule has 17 heavy (non-hydrogen) atoms. The largest absolute Gasteiger partial charge is 0.380 e. The molecule has 0 spiro atoms. The van der Waals surface area contributed by atoms with Crippen LogP contribution in [0.2, 0.25) is 0 Å². The second-order valence-electron chi connectivity index (χ2n) is 5.26. The fourth-order valence-electron chi connectivity index (χ4n) is 3.33. The molecular formula is C14H25NO2. The van der Waals surface area contributed by atoms with Crippen LogP contribution in [-0.2, 0) is 9.53 Å². The Morgan fingerprint density at radius 2 is 2.18 bits per heavy atom. The molecule has 0 bridgehead atoms. The van der Waals surface area contributed by atoms with Crippen LogP contribution in [0.1, 0.15) is 45.4 Å². The third-order valence-electron chi connectivity index (χ3n) is 4.21. The van der Waals surface area contributed by atoms with E-state index in [0.29, 0.717) is 17.7 Å². The van der Waals surface area contributed by atoms with E-state index in [-0.39, 0.29) is 0 Å². The summed E-state index contributed by atoms with van der Waals surface area (Å²) >= 11 is 0. The highest BCUT2D eigenvalue weighted by molar-refractivity contribution is 5.83. The SMILES string of the molecule is CCOCCN1CCCCC1C1CCCC1=O. The highest BCUT2D eigenvalue weighted by atomic mass is 16.5. The maximum absolute atomic E-state index is 11.9. The third-order valence-corrected chi connectivity index (χ3v) is 4.21. The van der Waals surface area contributed by atoms with Gasteiger partial charge in [0.05, 0.1) is 6.61 Å². The van der Waals surface area contributed by atoms with Crippen LogP contribution in [0.15, 0.2) is 0 Å². The highest BCUT2D eigenvalue weighted by Crippen LogP contribution is 2.32. The van der Waals surface area contributed by atoms with Crippen molar-refractivity contribution in [3.05, 3.63) is 0 Å². The molecular weight excluding hydrogens is 214 g/mol. The zero-order chi connectivity index (χ0) is 12.1. The molecule has 0 radical (unpaired) electrons. The topological polar surface area (TPSA) is 29.5 Å². The standard InChI is InChI=1S/C14H25NO2/c1-2-17-11-10-15-9-4-3-7-13(15)12-6-5-8-14(12)16/h12-13H,2-11H2,1H3. The molecule has 3 heteroatoms. The Morgan fingerprint density at radius 1 is 1.29 bits per heavy atom. The van der Waals surface area contributed by atoms with Crippen molar-refractivity contribution >= 4 is 5.78 Å². The van der Waals surface area contributed by atoms with E-state index in [2.05, 4.69) is 4.90 Å². The van der Waals surface area contributed by atoms with E-state index < -0.39 is 0 Å². The highest BCUT2D eigenvalue weighted by Gasteiger charge is 2.36. The van der Waals surface area contributed by atoms with Gasteiger partial charge in [0.2, 0.25) is 0 Å². The van der Waals surface area contributed by atoms with Crippen LogP contribution in [0, 0.1) is 5.92 Å². The van der Waals surface area contributed by atoms with E-state index >= 15 is 0 Å². The molecule has 0 aromatic carbocycles. The number of piperidine rings is 1. The second kappa shape index (κ2) is 6.50. The predicted octanol–water partition coefficient (Wildman–Crippen LogP) is 2.25. The van der Waals surface area contributed by atoms with Crippen molar-refractivity contribution in [1.82, 2.24) is 4.90 Å². The molecule has 1 aliphatic carbocycles. The van der Waals surface area contributed by atoms with Crippen LogP contribution >= 0.6 is 0 Å². The van der Waals surface area contributed by atoms with E-state index in [1.807, 2.05) is 6.92 Å². The summed E-state index contributed by atoms with van der Waals surface area (Å²) < 4.78 is 5.45. The summed E-state index contributed by atoms with van der Waals surface area (Å²) in [5.74, 6) is 0.843. The predicted molar refractivity (Wildman–Crippen MR) is 68.1 cm³/mol. The molecule has 2 rings (SSSR count). The number of rotatable bonds is 5. The Hall–Kier alpha value is -0.410. The lowest BCUT2D eigenvalue weighted by atomic mass is 9.88. The van der Waals surface area contributed by atoms with E-state index in [9.17, 15) is 4.79 Å². The molecule has 0 aromatic heterocycles. The van der Waals surface area contributed by atoms with Crippen LogP contribution in [0.25, 0.3) is 0 Å².